The second-order valence-electron chi connectivity index (χ2n) is 6.32. The van der Waals surface area contributed by atoms with Crippen molar-refractivity contribution >= 4 is 0 Å². The summed E-state index contributed by atoms with van der Waals surface area (Å²) in [4.78, 5) is 0. The lowest BCUT2D eigenvalue weighted by atomic mass is 9.85. The lowest BCUT2D eigenvalue weighted by molar-refractivity contribution is 0.817. The molecule has 2 rings (SSSR count). The minimum Gasteiger partial charge on any atom is -0.0622 e. The summed E-state index contributed by atoms with van der Waals surface area (Å²) in [6.07, 6.45) is 1.04. The van der Waals surface area contributed by atoms with Crippen LogP contribution >= 0.6 is 0 Å². The fraction of sp³-hybridized carbons (Fsp3) is 0.400. The fourth-order valence-electron chi connectivity index (χ4n) is 3.00. The molecule has 0 atom stereocenters. The molecule has 0 nitrogen and oxygen atoms in total. The molecule has 0 heteroatoms. The van der Waals surface area contributed by atoms with E-state index in [1.807, 2.05) is 0 Å². The predicted molar refractivity (Wildman–Crippen MR) is 88.6 cm³/mol. The van der Waals surface area contributed by atoms with Gasteiger partial charge in [0.05, 0.1) is 0 Å². The Kier molecular flexibility index (Phi) is 4.65. The zero-order chi connectivity index (χ0) is 14.7. The summed E-state index contributed by atoms with van der Waals surface area (Å²) >= 11 is 0. The summed E-state index contributed by atoms with van der Waals surface area (Å²) in [5.74, 6) is 1.17. The Bertz CT molecular complexity index is 562. The van der Waals surface area contributed by atoms with Gasteiger partial charge in [0, 0.05) is 0 Å². The van der Waals surface area contributed by atoms with Gasteiger partial charge in [-0.05, 0) is 53.0 Å². The third-order valence-electron chi connectivity index (χ3n) is 4.14. The van der Waals surface area contributed by atoms with Crippen LogP contribution in [0.1, 0.15) is 67.3 Å². The van der Waals surface area contributed by atoms with Crippen LogP contribution in [0.5, 0.6) is 0 Å². The molecule has 0 saturated carbocycles. The SMILES string of the molecule is Cc1c(C(C)C)ccc(C(C)C)c1Cc1ccccc1. The van der Waals surface area contributed by atoms with Crippen molar-refractivity contribution in [2.75, 3.05) is 0 Å². The molecule has 0 amide bonds. The molecule has 0 aromatic heterocycles. The molecule has 0 bridgehead atoms. The van der Waals surface area contributed by atoms with Crippen LogP contribution in [0.2, 0.25) is 0 Å². The number of benzene rings is 2. The Balaban J connectivity index is 2.50. The number of rotatable bonds is 4. The molecule has 0 spiro atoms. The summed E-state index contributed by atoms with van der Waals surface area (Å²) < 4.78 is 0. The molecule has 0 saturated heterocycles. The van der Waals surface area contributed by atoms with Gasteiger partial charge < -0.3 is 0 Å². The Morgan fingerprint density at radius 2 is 1.30 bits per heavy atom. The topological polar surface area (TPSA) is 0 Å². The van der Waals surface area contributed by atoms with E-state index >= 15 is 0 Å². The largest absolute Gasteiger partial charge is 0.0622 e. The Labute approximate surface area is 123 Å². The van der Waals surface area contributed by atoms with Crippen LogP contribution in [0, 0.1) is 6.92 Å². The third kappa shape index (κ3) is 3.12. The normalized spacial score (nSPS) is 11.3. The Morgan fingerprint density at radius 1 is 0.750 bits per heavy atom. The highest BCUT2D eigenvalue weighted by Crippen LogP contribution is 2.30. The van der Waals surface area contributed by atoms with Crippen molar-refractivity contribution in [2.24, 2.45) is 0 Å². The van der Waals surface area contributed by atoms with Crippen molar-refractivity contribution in [3.05, 3.63) is 70.3 Å². The van der Waals surface area contributed by atoms with Gasteiger partial charge >= 0.3 is 0 Å². The van der Waals surface area contributed by atoms with E-state index in [2.05, 4.69) is 77.1 Å². The van der Waals surface area contributed by atoms with E-state index in [4.69, 9.17) is 0 Å². The van der Waals surface area contributed by atoms with Gasteiger partial charge in [-0.1, -0.05) is 70.2 Å². The van der Waals surface area contributed by atoms with E-state index in [1.165, 1.54) is 27.8 Å². The maximum atomic E-state index is 2.34. The van der Waals surface area contributed by atoms with Crippen molar-refractivity contribution in [1.29, 1.82) is 0 Å². The van der Waals surface area contributed by atoms with Gasteiger partial charge in [-0.2, -0.15) is 0 Å². The Morgan fingerprint density at radius 3 is 1.85 bits per heavy atom. The first-order chi connectivity index (χ1) is 9.50. The molecule has 2 aromatic rings. The third-order valence-corrected chi connectivity index (χ3v) is 4.14. The van der Waals surface area contributed by atoms with E-state index in [0.717, 1.165) is 6.42 Å². The van der Waals surface area contributed by atoms with Crippen molar-refractivity contribution < 1.29 is 0 Å². The van der Waals surface area contributed by atoms with E-state index in [9.17, 15) is 0 Å². The maximum Gasteiger partial charge on any atom is -0.00202 e. The van der Waals surface area contributed by atoms with Crippen LogP contribution in [-0.2, 0) is 6.42 Å². The summed E-state index contributed by atoms with van der Waals surface area (Å²) in [6, 6.07) is 15.5. The highest BCUT2D eigenvalue weighted by atomic mass is 14.2. The summed E-state index contributed by atoms with van der Waals surface area (Å²) in [5.41, 5.74) is 7.39. The molecule has 20 heavy (non-hydrogen) atoms. The average Bonchev–Trinajstić information content (AvgIpc) is 2.41. The van der Waals surface area contributed by atoms with Gasteiger partial charge in [0.25, 0.3) is 0 Å². The average molecular weight is 266 g/mol. The van der Waals surface area contributed by atoms with Crippen molar-refractivity contribution in [3.8, 4) is 0 Å². The summed E-state index contributed by atoms with van der Waals surface area (Å²) in [7, 11) is 0. The van der Waals surface area contributed by atoms with Gasteiger partial charge in [0.2, 0.25) is 0 Å². The zero-order valence-electron chi connectivity index (χ0n) is 13.4. The van der Waals surface area contributed by atoms with Gasteiger partial charge in [0.1, 0.15) is 0 Å². The first-order valence-electron chi connectivity index (χ1n) is 7.67. The lowest BCUT2D eigenvalue weighted by Gasteiger charge is -2.20. The maximum absolute atomic E-state index is 2.34. The molecule has 0 aliphatic carbocycles. The highest BCUT2D eigenvalue weighted by Gasteiger charge is 2.14. The molecular formula is C20H26. The van der Waals surface area contributed by atoms with Gasteiger partial charge in [-0.15, -0.1) is 0 Å². The van der Waals surface area contributed by atoms with E-state index in [-0.39, 0.29) is 0 Å². The Hall–Kier alpha value is -1.56. The van der Waals surface area contributed by atoms with Gasteiger partial charge in [-0.25, -0.2) is 0 Å². The van der Waals surface area contributed by atoms with Crippen LogP contribution in [0.25, 0.3) is 0 Å². The standard InChI is InChI=1S/C20H26/c1-14(2)18-11-12-19(15(3)4)20(16(18)5)13-17-9-7-6-8-10-17/h6-12,14-15H,13H2,1-5H3. The number of hydrogen-bond acceptors (Lipinski definition) is 0. The molecule has 0 unspecified atom stereocenters. The molecule has 0 aliphatic heterocycles. The minimum atomic E-state index is 0.577. The van der Waals surface area contributed by atoms with E-state index < -0.39 is 0 Å². The van der Waals surface area contributed by atoms with E-state index in [0.29, 0.717) is 11.8 Å². The first-order valence-corrected chi connectivity index (χ1v) is 7.67. The molecule has 0 radical (unpaired) electrons. The molecule has 0 aliphatic rings. The van der Waals surface area contributed by atoms with Crippen LogP contribution in [-0.4, -0.2) is 0 Å². The predicted octanol–water partition coefficient (Wildman–Crippen LogP) is 5.83. The fourth-order valence-corrected chi connectivity index (χ4v) is 3.00. The van der Waals surface area contributed by atoms with Crippen LogP contribution < -0.4 is 0 Å². The van der Waals surface area contributed by atoms with E-state index in [1.54, 1.807) is 0 Å². The molecule has 0 N–H and O–H groups in total. The van der Waals surface area contributed by atoms with Crippen molar-refractivity contribution in [3.63, 3.8) is 0 Å². The van der Waals surface area contributed by atoms with Crippen molar-refractivity contribution in [2.45, 2.75) is 52.9 Å². The highest BCUT2D eigenvalue weighted by molar-refractivity contribution is 5.45. The first kappa shape index (κ1) is 14.8. The lowest BCUT2D eigenvalue weighted by Crippen LogP contribution is -2.05. The van der Waals surface area contributed by atoms with Crippen LogP contribution in [0.4, 0.5) is 0 Å². The monoisotopic (exact) mass is 266 g/mol. The van der Waals surface area contributed by atoms with Crippen LogP contribution in [0.15, 0.2) is 42.5 Å². The smallest absolute Gasteiger partial charge is 0.00202 e. The summed E-state index contributed by atoms with van der Waals surface area (Å²) in [6.45, 7) is 11.4. The van der Waals surface area contributed by atoms with Crippen molar-refractivity contribution in [1.82, 2.24) is 0 Å². The molecule has 0 heterocycles. The minimum absolute atomic E-state index is 0.577. The van der Waals surface area contributed by atoms with Gasteiger partial charge in [0.15, 0.2) is 0 Å². The second-order valence-corrected chi connectivity index (χ2v) is 6.32. The second kappa shape index (κ2) is 6.26. The molecular weight excluding hydrogens is 240 g/mol. The molecule has 2 aromatic carbocycles. The quantitative estimate of drug-likeness (QED) is 0.653. The number of hydrogen-bond donors (Lipinski definition) is 0. The van der Waals surface area contributed by atoms with Crippen LogP contribution in [0.3, 0.4) is 0 Å². The zero-order valence-corrected chi connectivity index (χ0v) is 13.4. The van der Waals surface area contributed by atoms with Gasteiger partial charge in [-0.3, -0.25) is 0 Å². The molecule has 106 valence electrons. The summed E-state index contributed by atoms with van der Waals surface area (Å²) in [5, 5.41) is 0. The molecule has 0 fully saturated rings.